The average Bonchev–Trinajstić information content (AvgIpc) is 2.27. The lowest BCUT2D eigenvalue weighted by Crippen LogP contribution is -1.97. The molecule has 15 heavy (non-hydrogen) atoms. The molecule has 0 fully saturated rings. The van der Waals surface area contributed by atoms with Gasteiger partial charge < -0.3 is 0 Å². The van der Waals surface area contributed by atoms with Crippen LogP contribution in [0.2, 0.25) is 0 Å². The van der Waals surface area contributed by atoms with Crippen LogP contribution in [0.1, 0.15) is 37.9 Å². The maximum absolute atomic E-state index is 4.57. The molecule has 2 heteroatoms. The maximum Gasteiger partial charge on any atom is 0.159 e. The van der Waals surface area contributed by atoms with Crippen molar-refractivity contribution < 1.29 is 0 Å². The summed E-state index contributed by atoms with van der Waals surface area (Å²) in [6, 6.07) is 6.27. The minimum atomic E-state index is 0.460. The summed E-state index contributed by atoms with van der Waals surface area (Å²) in [6.07, 6.45) is 2.84. The van der Waals surface area contributed by atoms with Crippen molar-refractivity contribution in [3.05, 3.63) is 35.7 Å². The molecule has 2 nitrogen and oxygen atoms in total. The van der Waals surface area contributed by atoms with Gasteiger partial charge in [-0.1, -0.05) is 20.8 Å². The first-order valence-electron chi connectivity index (χ1n) is 5.47. The molecule has 0 aliphatic heterocycles. The van der Waals surface area contributed by atoms with Crippen LogP contribution >= 0.6 is 0 Å². The fraction of sp³-hybridized carbons (Fsp3) is 0.385. The molecule has 2 rings (SSSR count). The Balaban J connectivity index is 2.71. The predicted octanol–water partition coefficient (Wildman–Crippen LogP) is 3.32. The number of hydrogen-bond donors (Lipinski definition) is 0. The highest BCUT2D eigenvalue weighted by atomic mass is 14.8. The summed E-state index contributed by atoms with van der Waals surface area (Å²) in [6.45, 7) is 6.50. The third-order valence-electron chi connectivity index (χ3n) is 2.66. The highest BCUT2D eigenvalue weighted by Gasteiger charge is 2.07. The number of fused-ring (bicyclic) bond motifs is 1. The van der Waals surface area contributed by atoms with E-state index in [1.54, 1.807) is 6.20 Å². The monoisotopic (exact) mass is 200 g/mol. The minimum absolute atomic E-state index is 0.460. The molecule has 0 atom stereocenters. The number of hydrogen-bond acceptors (Lipinski definition) is 2. The molecule has 0 N–H and O–H groups in total. The highest BCUT2D eigenvalue weighted by Crippen LogP contribution is 2.21. The number of aryl methyl sites for hydroxylation is 1. The molecule has 0 saturated carbocycles. The standard InChI is InChI=1S/C13H16N2/c1-4-10-8-12(9(2)3)15-13-11(10)6-5-7-14-13/h5-9H,4H2,1-3H3. The Bertz CT molecular complexity index is 475. The molecule has 2 aromatic rings. The summed E-state index contributed by atoms with van der Waals surface area (Å²) in [4.78, 5) is 8.89. The molecular weight excluding hydrogens is 184 g/mol. The lowest BCUT2D eigenvalue weighted by Gasteiger charge is -2.09. The first kappa shape index (κ1) is 10.1. The van der Waals surface area contributed by atoms with Crippen molar-refractivity contribution in [3.63, 3.8) is 0 Å². The first-order valence-corrected chi connectivity index (χ1v) is 5.47. The van der Waals surface area contributed by atoms with Gasteiger partial charge in [0.1, 0.15) is 0 Å². The van der Waals surface area contributed by atoms with Crippen molar-refractivity contribution in [2.24, 2.45) is 0 Å². The molecule has 78 valence electrons. The molecule has 2 aromatic heterocycles. The van der Waals surface area contributed by atoms with Gasteiger partial charge in [-0.2, -0.15) is 0 Å². The van der Waals surface area contributed by atoms with Crippen molar-refractivity contribution in [2.45, 2.75) is 33.1 Å². The molecule has 0 radical (unpaired) electrons. The molecule has 2 heterocycles. The molecule has 0 aromatic carbocycles. The predicted molar refractivity (Wildman–Crippen MR) is 63.0 cm³/mol. The molecule has 0 aliphatic rings. The zero-order chi connectivity index (χ0) is 10.8. The SMILES string of the molecule is CCc1cc(C(C)C)nc2ncccc12. The van der Waals surface area contributed by atoms with Crippen LogP contribution in [0.5, 0.6) is 0 Å². The van der Waals surface area contributed by atoms with Crippen LogP contribution in [0, 0.1) is 0 Å². The molecule has 0 aliphatic carbocycles. The zero-order valence-corrected chi connectivity index (χ0v) is 9.49. The molecule has 0 unspecified atom stereocenters. The van der Waals surface area contributed by atoms with Gasteiger partial charge in [0.05, 0.1) is 0 Å². The Labute approximate surface area is 90.4 Å². The lowest BCUT2D eigenvalue weighted by molar-refractivity contribution is 0.824. The van der Waals surface area contributed by atoms with Crippen molar-refractivity contribution >= 4 is 11.0 Å². The normalized spacial score (nSPS) is 11.2. The van der Waals surface area contributed by atoms with Gasteiger partial charge >= 0.3 is 0 Å². The van der Waals surface area contributed by atoms with Crippen molar-refractivity contribution in [1.29, 1.82) is 0 Å². The summed E-state index contributed by atoms with van der Waals surface area (Å²) in [5.74, 6) is 0.460. The van der Waals surface area contributed by atoms with Crippen LogP contribution in [-0.2, 0) is 6.42 Å². The van der Waals surface area contributed by atoms with Crippen LogP contribution in [0.25, 0.3) is 11.0 Å². The number of aromatic nitrogens is 2. The number of nitrogens with zero attached hydrogens (tertiary/aromatic N) is 2. The van der Waals surface area contributed by atoms with E-state index in [2.05, 4.69) is 42.9 Å². The Kier molecular flexibility index (Phi) is 2.67. The van der Waals surface area contributed by atoms with Gasteiger partial charge in [-0.25, -0.2) is 9.97 Å². The Morgan fingerprint density at radius 2 is 2.13 bits per heavy atom. The van der Waals surface area contributed by atoms with E-state index in [0.717, 1.165) is 17.8 Å². The van der Waals surface area contributed by atoms with Crippen molar-refractivity contribution in [1.82, 2.24) is 9.97 Å². The van der Waals surface area contributed by atoms with Gasteiger partial charge in [0.15, 0.2) is 5.65 Å². The Morgan fingerprint density at radius 1 is 1.33 bits per heavy atom. The van der Waals surface area contributed by atoms with E-state index in [0.29, 0.717) is 5.92 Å². The van der Waals surface area contributed by atoms with Gasteiger partial charge in [0, 0.05) is 17.3 Å². The second-order valence-corrected chi connectivity index (χ2v) is 4.09. The third kappa shape index (κ3) is 1.84. The topological polar surface area (TPSA) is 25.8 Å². The third-order valence-corrected chi connectivity index (χ3v) is 2.66. The van der Waals surface area contributed by atoms with E-state index >= 15 is 0 Å². The fourth-order valence-electron chi connectivity index (χ4n) is 1.74. The van der Waals surface area contributed by atoms with Crippen LogP contribution in [0.3, 0.4) is 0 Å². The molecular formula is C13H16N2. The van der Waals surface area contributed by atoms with E-state index < -0.39 is 0 Å². The van der Waals surface area contributed by atoms with Crippen LogP contribution in [-0.4, -0.2) is 9.97 Å². The average molecular weight is 200 g/mol. The van der Waals surface area contributed by atoms with Crippen LogP contribution in [0.4, 0.5) is 0 Å². The van der Waals surface area contributed by atoms with Gasteiger partial charge in [0.25, 0.3) is 0 Å². The second kappa shape index (κ2) is 3.97. The zero-order valence-electron chi connectivity index (χ0n) is 9.49. The smallest absolute Gasteiger partial charge is 0.159 e. The largest absolute Gasteiger partial charge is 0.237 e. The minimum Gasteiger partial charge on any atom is -0.237 e. The number of rotatable bonds is 2. The summed E-state index contributed by atoms with van der Waals surface area (Å²) in [7, 11) is 0. The molecule has 0 amide bonds. The quantitative estimate of drug-likeness (QED) is 0.743. The Morgan fingerprint density at radius 3 is 2.80 bits per heavy atom. The highest BCUT2D eigenvalue weighted by molar-refractivity contribution is 5.78. The maximum atomic E-state index is 4.57. The van der Waals surface area contributed by atoms with Crippen molar-refractivity contribution in [2.75, 3.05) is 0 Å². The van der Waals surface area contributed by atoms with E-state index in [-0.39, 0.29) is 0 Å². The second-order valence-electron chi connectivity index (χ2n) is 4.09. The van der Waals surface area contributed by atoms with E-state index in [9.17, 15) is 0 Å². The van der Waals surface area contributed by atoms with Gasteiger partial charge in [-0.15, -0.1) is 0 Å². The van der Waals surface area contributed by atoms with Crippen molar-refractivity contribution in [3.8, 4) is 0 Å². The van der Waals surface area contributed by atoms with Gasteiger partial charge in [0.2, 0.25) is 0 Å². The summed E-state index contributed by atoms with van der Waals surface area (Å²) in [5.41, 5.74) is 3.36. The van der Waals surface area contributed by atoms with E-state index in [4.69, 9.17) is 0 Å². The van der Waals surface area contributed by atoms with Gasteiger partial charge in [-0.3, -0.25) is 0 Å². The summed E-state index contributed by atoms with van der Waals surface area (Å²) in [5, 5.41) is 1.18. The number of pyridine rings is 2. The van der Waals surface area contributed by atoms with E-state index in [1.165, 1.54) is 10.9 Å². The molecule has 0 saturated heterocycles. The summed E-state index contributed by atoms with van der Waals surface area (Å²) < 4.78 is 0. The Hall–Kier alpha value is -1.44. The lowest BCUT2D eigenvalue weighted by atomic mass is 10.0. The molecule has 0 spiro atoms. The van der Waals surface area contributed by atoms with E-state index in [1.807, 2.05) is 6.07 Å². The fourth-order valence-corrected chi connectivity index (χ4v) is 1.74. The summed E-state index contributed by atoms with van der Waals surface area (Å²) >= 11 is 0. The van der Waals surface area contributed by atoms with Gasteiger partial charge in [-0.05, 0) is 36.1 Å². The van der Waals surface area contributed by atoms with Crippen LogP contribution in [0.15, 0.2) is 24.4 Å². The first-order chi connectivity index (χ1) is 7.22. The van der Waals surface area contributed by atoms with Crippen LogP contribution < -0.4 is 0 Å². The molecule has 0 bridgehead atoms.